The predicted molar refractivity (Wildman–Crippen MR) is 55.4 cm³/mol. The van der Waals surface area contributed by atoms with E-state index in [1.165, 1.54) is 5.32 Å². The Bertz CT molecular complexity index is 184. The van der Waals surface area contributed by atoms with Crippen LogP contribution in [0.25, 0.3) is 0 Å². The monoisotopic (exact) mass is 260 g/mol. The van der Waals surface area contributed by atoms with Crippen molar-refractivity contribution >= 4 is 0 Å². The lowest BCUT2D eigenvalue weighted by molar-refractivity contribution is -0.666. The standard InChI is InChI=1S/C10H20F3NO3/c1-3-16-9(17-4-2)5-6-14-7-8(15)10(11,12)13/h8-9,14-15H,3-7H2,1-2H3/p+1/t8-/m0/s1. The molecular weight excluding hydrogens is 239 g/mol. The normalized spacial score (nSPS) is 14.3. The zero-order valence-electron chi connectivity index (χ0n) is 10.2. The van der Waals surface area contributed by atoms with Gasteiger partial charge < -0.3 is 19.9 Å². The molecule has 0 amide bonds. The first-order chi connectivity index (χ1) is 7.91. The number of hydrogen-bond donors (Lipinski definition) is 2. The van der Waals surface area contributed by atoms with E-state index in [4.69, 9.17) is 14.6 Å². The van der Waals surface area contributed by atoms with E-state index in [0.29, 0.717) is 26.2 Å². The van der Waals surface area contributed by atoms with Crippen molar-refractivity contribution in [1.29, 1.82) is 0 Å². The van der Waals surface area contributed by atoms with Gasteiger partial charge in [-0.3, -0.25) is 0 Å². The van der Waals surface area contributed by atoms with E-state index in [9.17, 15) is 13.2 Å². The number of alkyl halides is 3. The van der Waals surface area contributed by atoms with E-state index in [1.54, 1.807) is 0 Å². The number of halogens is 3. The molecule has 0 bridgehead atoms. The molecule has 0 aromatic carbocycles. The van der Waals surface area contributed by atoms with Crippen LogP contribution in [0.4, 0.5) is 13.2 Å². The van der Waals surface area contributed by atoms with Gasteiger partial charge in [-0.15, -0.1) is 0 Å². The highest BCUT2D eigenvalue weighted by atomic mass is 19.4. The van der Waals surface area contributed by atoms with Crippen molar-refractivity contribution in [3.8, 4) is 0 Å². The topological polar surface area (TPSA) is 55.3 Å². The summed E-state index contributed by atoms with van der Waals surface area (Å²) in [6, 6.07) is 0. The third kappa shape index (κ3) is 8.37. The van der Waals surface area contributed by atoms with Crippen LogP contribution in [0, 0.1) is 0 Å². The molecule has 17 heavy (non-hydrogen) atoms. The number of rotatable bonds is 9. The van der Waals surface area contributed by atoms with Gasteiger partial charge in [-0.1, -0.05) is 0 Å². The molecular formula is C10H21F3NO3+. The molecule has 7 heteroatoms. The molecule has 1 atom stereocenters. The first-order valence-corrected chi connectivity index (χ1v) is 5.71. The molecule has 0 heterocycles. The van der Waals surface area contributed by atoms with Gasteiger partial charge in [-0.05, 0) is 13.8 Å². The first-order valence-electron chi connectivity index (χ1n) is 5.71. The summed E-state index contributed by atoms with van der Waals surface area (Å²) in [5, 5.41) is 10.1. The number of nitrogens with two attached hydrogens (primary N) is 1. The van der Waals surface area contributed by atoms with Gasteiger partial charge in [0, 0.05) is 19.6 Å². The maximum Gasteiger partial charge on any atom is 0.419 e. The van der Waals surface area contributed by atoms with Crippen LogP contribution < -0.4 is 5.32 Å². The second kappa shape index (κ2) is 8.68. The summed E-state index contributed by atoms with van der Waals surface area (Å²) in [5.74, 6) is 0. The molecule has 0 saturated heterocycles. The summed E-state index contributed by atoms with van der Waals surface area (Å²) >= 11 is 0. The largest absolute Gasteiger partial charge is 0.419 e. The summed E-state index contributed by atoms with van der Waals surface area (Å²) in [5.41, 5.74) is 0. The molecule has 0 unspecified atom stereocenters. The molecule has 0 aliphatic rings. The van der Waals surface area contributed by atoms with Crippen LogP contribution in [0.15, 0.2) is 0 Å². The highest BCUT2D eigenvalue weighted by molar-refractivity contribution is 4.61. The predicted octanol–water partition coefficient (Wildman–Crippen LogP) is 0.262. The third-order valence-corrected chi connectivity index (χ3v) is 2.08. The second-order valence-corrected chi connectivity index (χ2v) is 3.50. The van der Waals surface area contributed by atoms with Crippen molar-refractivity contribution < 1.29 is 33.1 Å². The van der Waals surface area contributed by atoms with Crippen molar-refractivity contribution in [1.82, 2.24) is 0 Å². The summed E-state index contributed by atoms with van der Waals surface area (Å²) in [6.07, 6.45) is -6.72. The Labute approximate surface area is 99.1 Å². The fourth-order valence-corrected chi connectivity index (χ4v) is 1.25. The van der Waals surface area contributed by atoms with Crippen LogP contribution in [0.3, 0.4) is 0 Å². The molecule has 0 radical (unpaired) electrons. The zero-order chi connectivity index (χ0) is 13.3. The molecule has 0 spiro atoms. The molecule has 0 rings (SSSR count). The molecule has 104 valence electrons. The number of aliphatic hydroxyl groups is 1. The average Bonchev–Trinajstić information content (AvgIpc) is 2.23. The second-order valence-electron chi connectivity index (χ2n) is 3.50. The van der Waals surface area contributed by atoms with E-state index in [0.717, 1.165) is 0 Å². The van der Waals surface area contributed by atoms with E-state index >= 15 is 0 Å². The molecule has 0 aromatic rings. The Morgan fingerprint density at radius 1 is 1.18 bits per heavy atom. The van der Waals surface area contributed by atoms with Crippen LogP contribution in [-0.2, 0) is 9.47 Å². The van der Waals surface area contributed by atoms with Gasteiger partial charge in [-0.2, -0.15) is 13.2 Å². The van der Waals surface area contributed by atoms with Gasteiger partial charge in [0.1, 0.15) is 6.54 Å². The fourth-order valence-electron chi connectivity index (χ4n) is 1.25. The number of ether oxygens (including phenoxy) is 2. The Morgan fingerprint density at radius 3 is 2.12 bits per heavy atom. The molecule has 0 aliphatic heterocycles. The highest BCUT2D eigenvalue weighted by Crippen LogP contribution is 2.18. The van der Waals surface area contributed by atoms with Crippen molar-refractivity contribution in [3.05, 3.63) is 0 Å². The quantitative estimate of drug-likeness (QED) is 0.462. The summed E-state index contributed by atoms with van der Waals surface area (Å²) in [4.78, 5) is 0. The van der Waals surface area contributed by atoms with Gasteiger partial charge >= 0.3 is 6.18 Å². The Kier molecular flexibility index (Phi) is 8.49. The van der Waals surface area contributed by atoms with Crippen LogP contribution in [0.1, 0.15) is 20.3 Å². The Morgan fingerprint density at radius 2 is 1.71 bits per heavy atom. The molecule has 3 N–H and O–H groups in total. The highest BCUT2D eigenvalue weighted by Gasteiger charge is 2.39. The Hall–Kier alpha value is -0.370. The molecule has 0 aromatic heterocycles. The lowest BCUT2D eigenvalue weighted by atomic mass is 10.3. The summed E-state index contributed by atoms with van der Waals surface area (Å²) in [7, 11) is 0. The minimum atomic E-state index is -4.55. The maximum absolute atomic E-state index is 12.0. The lowest BCUT2D eigenvalue weighted by Gasteiger charge is -2.17. The summed E-state index contributed by atoms with van der Waals surface area (Å²) < 4.78 is 46.3. The van der Waals surface area contributed by atoms with Crippen LogP contribution in [0.2, 0.25) is 0 Å². The molecule has 0 saturated carbocycles. The maximum atomic E-state index is 12.0. The number of aliphatic hydroxyl groups excluding tert-OH is 1. The Balaban J connectivity index is 3.67. The van der Waals surface area contributed by atoms with Crippen LogP contribution in [0.5, 0.6) is 0 Å². The lowest BCUT2D eigenvalue weighted by Crippen LogP contribution is -2.87. The molecule has 0 fully saturated rings. The molecule has 4 nitrogen and oxygen atoms in total. The van der Waals surface area contributed by atoms with Crippen LogP contribution >= 0.6 is 0 Å². The van der Waals surface area contributed by atoms with Crippen molar-refractivity contribution in [2.24, 2.45) is 0 Å². The number of hydrogen-bond acceptors (Lipinski definition) is 3. The smallest absolute Gasteiger partial charge is 0.379 e. The number of quaternary nitrogens is 1. The zero-order valence-corrected chi connectivity index (χ0v) is 10.2. The van der Waals surface area contributed by atoms with Crippen molar-refractivity contribution in [2.45, 2.75) is 38.8 Å². The van der Waals surface area contributed by atoms with Crippen LogP contribution in [-0.4, -0.2) is 50.0 Å². The van der Waals surface area contributed by atoms with E-state index < -0.39 is 18.8 Å². The SMILES string of the molecule is CCOC(CC[NH2+]C[C@H](O)C(F)(F)F)OCC. The van der Waals surface area contributed by atoms with Crippen molar-refractivity contribution in [3.63, 3.8) is 0 Å². The minimum Gasteiger partial charge on any atom is -0.379 e. The summed E-state index contributed by atoms with van der Waals surface area (Å²) in [6.45, 7) is 4.66. The van der Waals surface area contributed by atoms with Gasteiger partial charge in [0.25, 0.3) is 0 Å². The van der Waals surface area contributed by atoms with E-state index in [2.05, 4.69) is 0 Å². The van der Waals surface area contributed by atoms with Gasteiger partial charge in [0.2, 0.25) is 0 Å². The van der Waals surface area contributed by atoms with Crippen molar-refractivity contribution in [2.75, 3.05) is 26.3 Å². The third-order valence-electron chi connectivity index (χ3n) is 2.08. The minimum absolute atomic E-state index is 0.385. The van der Waals surface area contributed by atoms with Gasteiger partial charge in [0.15, 0.2) is 12.4 Å². The average molecular weight is 260 g/mol. The van der Waals surface area contributed by atoms with E-state index in [1.807, 2.05) is 13.8 Å². The van der Waals surface area contributed by atoms with E-state index in [-0.39, 0.29) is 6.29 Å². The molecule has 0 aliphatic carbocycles. The first kappa shape index (κ1) is 16.6. The van der Waals surface area contributed by atoms with Gasteiger partial charge in [-0.25, -0.2) is 0 Å². The van der Waals surface area contributed by atoms with Gasteiger partial charge in [0.05, 0.1) is 6.54 Å². The fraction of sp³-hybridized carbons (Fsp3) is 1.00.